The zero-order chi connectivity index (χ0) is 19.7. The Bertz CT molecular complexity index is 1110. The summed E-state index contributed by atoms with van der Waals surface area (Å²) in [6.07, 6.45) is 1.39. The van der Waals surface area contributed by atoms with Crippen LogP contribution in [0.15, 0.2) is 76.7 Å². The van der Waals surface area contributed by atoms with E-state index in [-0.39, 0.29) is 17.4 Å². The number of furan rings is 1. The summed E-state index contributed by atoms with van der Waals surface area (Å²) in [6.45, 7) is 0. The lowest BCUT2D eigenvalue weighted by Crippen LogP contribution is -2.21. The lowest BCUT2D eigenvalue weighted by molar-refractivity contribution is 0.0701. The Labute approximate surface area is 165 Å². The number of hydrogen-bond donors (Lipinski definition) is 1. The molecule has 7 heteroatoms. The Morgan fingerprint density at radius 2 is 1.96 bits per heavy atom. The summed E-state index contributed by atoms with van der Waals surface area (Å²) in [5.41, 5.74) is 7.85. The summed E-state index contributed by atoms with van der Waals surface area (Å²) in [7, 11) is 0. The number of esters is 1. The number of rotatable bonds is 3. The molecule has 6 nitrogen and oxygen atoms in total. The van der Waals surface area contributed by atoms with E-state index in [1.165, 1.54) is 12.3 Å². The molecule has 0 bridgehead atoms. The van der Waals surface area contributed by atoms with Gasteiger partial charge in [0, 0.05) is 16.7 Å². The monoisotopic (exact) mass is 392 g/mol. The van der Waals surface area contributed by atoms with Crippen LogP contribution in [0.1, 0.15) is 27.6 Å². The molecule has 0 fully saturated rings. The summed E-state index contributed by atoms with van der Waals surface area (Å²) in [4.78, 5) is 12.1. The number of carbonyl (C=O) groups is 1. The van der Waals surface area contributed by atoms with Crippen LogP contribution in [0.4, 0.5) is 0 Å². The highest BCUT2D eigenvalue weighted by Crippen LogP contribution is 2.43. The molecule has 0 saturated carbocycles. The molecule has 3 aromatic rings. The second-order valence-electron chi connectivity index (χ2n) is 6.04. The zero-order valence-corrected chi connectivity index (χ0v) is 15.1. The molecule has 138 valence electrons. The van der Waals surface area contributed by atoms with Gasteiger partial charge in [0.15, 0.2) is 0 Å². The van der Waals surface area contributed by atoms with Gasteiger partial charge in [-0.25, -0.2) is 4.79 Å². The number of nitrogens with two attached hydrogens (primary N) is 1. The Kier molecular flexibility index (Phi) is 4.52. The van der Waals surface area contributed by atoms with E-state index < -0.39 is 11.9 Å². The van der Waals surface area contributed by atoms with E-state index in [2.05, 4.69) is 6.07 Å². The number of halogens is 1. The second kappa shape index (κ2) is 7.14. The molecule has 28 heavy (non-hydrogen) atoms. The predicted octanol–water partition coefficient (Wildman–Crippen LogP) is 4.37. The van der Waals surface area contributed by atoms with Crippen LogP contribution in [0.5, 0.6) is 11.5 Å². The Morgan fingerprint density at radius 1 is 1.18 bits per heavy atom. The van der Waals surface area contributed by atoms with Crippen LogP contribution in [-0.4, -0.2) is 5.97 Å². The molecule has 1 unspecified atom stereocenters. The van der Waals surface area contributed by atoms with Gasteiger partial charge in [-0.15, -0.1) is 0 Å². The first-order valence-electron chi connectivity index (χ1n) is 8.29. The number of nitrogens with zero attached hydrogens (tertiary/aromatic N) is 1. The maximum absolute atomic E-state index is 12.1. The molecule has 2 aromatic carbocycles. The van der Waals surface area contributed by atoms with Gasteiger partial charge in [0.25, 0.3) is 0 Å². The maximum atomic E-state index is 12.1. The molecule has 0 saturated heterocycles. The van der Waals surface area contributed by atoms with E-state index >= 15 is 0 Å². The van der Waals surface area contributed by atoms with Crippen molar-refractivity contribution in [1.29, 1.82) is 5.26 Å². The highest BCUT2D eigenvalue weighted by molar-refractivity contribution is 6.30. The third-order valence-corrected chi connectivity index (χ3v) is 4.58. The zero-order valence-electron chi connectivity index (χ0n) is 14.4. The van der Waals surface area contributed by atoms with Gasteiger partial charge in [0.1, 0.15) is 23.1 Å². The first-order valence-corrected chi connectivity index (χ1v) is 8.67. The third-order valence-electron chi connectivity index (χ3n) is 4.33. The van der Waals surface area contributed by atoms with E-state index in [1.807, 2.05) is 12.1 Å². The molecule has 0 amide bonds. The second-order valence-corrected chi connectivity index (χ2v) is 6.48. The van der Waals surface area contributed by atoms with Crippen molar-refractivity contribution in [2.75, 3.05) is 0 Å². The van der Waals surface area contributed by atoms with Gasteiger partial charge >= 0.3 is 5.97 Å². The normalized spacial score (nSPS) is 15.4. The smallest absolute Gasteiger partial charge is 0.379 e. The van der Waals surface area contributed by atoms with Gasteiger partial charge in [-0.1, -0.05) is 29.8 Å². The molecule has 0 radical (unpaired) electrons. The van der Waals surface area contributed by atoms with Crippen molar-refractivity contribution >= 4 is 17.6 Å². The number of benzene rings is 2. The van der Waals surface area contributed by atoms with Crippen molar-refractivity contribution < 1.29 is 18.7 Å². The van der Waals surface area contributed by atoms with Crippen LogP contribution in [-0.2, 0) is 0 Å². The van der Waals surface area contributed by atoms with Gasteiger partial charge in [-0.2, -0.15) is 5.26 Å². The van der Waals surface area contributed by atoms with E-state index in [4.69, 9.17) is 31.2 Å². The third kappa shape index (κ3) is 3.20. The molecular formula is C21H13ClN2O4. The van der Waals surface area contributed by atoms with Crippen LogP contribution in [0, 0.1) is 11.3 Å². The lowest BCUT2D eigenvalue weighted by atomic mass is 9.83. The molecule has 2 heterocycles. The van der Waals surface area contributed by atoms with E-state index in [0.29, 0.717) is 16.3 Å². The van der Waals surface area contributed by atoms with Crippen molar-refractivity contribution in [2.24, 2.45) is 5.73 Å². The SMILES string of the molecule is N#CC1=C(N)Oc2cc(OC(=O)c3ccco3)ccc2C1c1ccc(Cl)cc1. The Hall–Kier alpha value is -3.69. The molecule has 4 rings (SSSR count). The fourth-order valence-corrected chi connectivity index (χ4v) is 3.18. The van der Waals surface area contributed by atoms with Crippen LogP contribution in [0.2, 0.25) is 5.02 Å². The highest BCUT2D eigenvalue weighted by Gasteiger charge is 2.31. The van der Waals surface area contributed by atoms with Gasteiger partial charge in [0.2, 0.25) is 11.6 Å². The van der Waals surface area contributed by atoms with Crippen LogP contribution in [0.25, 0.3) is 0 Å². The van der Waals surface area contributed by atoms with Crippen molar-refractivity contribution in [3.63, 3.8) is 0 Å². The number of ether oxygens (including phenoxy) is 2. The minimum Gasteiger partial charge on any atom is -0.457 e. The minimum atomic E-state index is -0.628. The number of allylic oxidation sites excluding steroid dienone is 1. The average molecular weight is 393 g/mol. The van der Waals surface area contributed by atoms with Crippen molar-refractivity contribution in [3.05, 3.63) is 94.2 Å². The Balaban J connectivity index is 1.72. The van der Waals surface area contributed by atoms with Crippen LogP contribution in [0.3, 0.4) is 0 Å². The molecular weight excluding hydrogens is 380 g/mol. The summed E-state index contributed by atoms with van der Waals surface area (Å²) < 4.78 is 16.0. The van der Waals surface area contributed by atoms with Crippen molar-refractivity contribution in [3.8, 4) is 17.6 Å². The Morgan fingerprint density at radius 3 is 2.64 bits per heavy atom. The van der Waals surface area contributed by atoms with Gasteiger partial charge in [0.05, 0.1) is 12.2 Å². The first kappa shape index (κ1) is 17.7. The van der Waals surface area contributed by atoms with Crippen molar-refractivity contribution in [1.82, 2.24) is 0 Å². The molecule has 1 atom stereocenters. The minimum absolute atomic E-state index is 0.00413. The molecule has 1 aliphatic heterocycles. The fourth-order valence-electron chi connectivity index (χ4n) is 3.05. The van der Waals surface area contributed by atoms with E-state index in [0.717, 1.165) is 11.1 Å². The summed E-state index contributed by atoms with van der Waals surface area (Å²) >= 11 is 5.98. The van der Waals surface area contributed by atoms with Crippen LogP contribution >= 0.6 is 11.6 Å². The molecule has 2 N–H and O–H groups in total. The van der Waals surface area contributed by atoms with Crippen LogP contribution < -0.4 is 15.2 Å². The number of nitriles is 1. The molecule has 0 spiro atoms. The predicted molar refractivity (Wildman–Crippen MR) is 101 cm³/mol. The molecule has 1 aromatic heterocycles. The average Bonchev–Trinajstić information content (AvgIpc) is 3.22. The maximum Gasteiger partial charge on any atom is 0.379 e. The van der Waals surface area contributed by atoms with Gasteiger partial charge < -0.3 is 19.6 Å². The topological polar surface area (TPSA) is 98.5 Å². The largest absolute Gasteiger partial charge is 0.457 e. The fraction of sp³-hybridized carbons (Fsp3) is 0.0476. The summed E-state index contributed by atoms with van der Waals surface area (Å²) in [5, 5.41) is 10.2. The lowest BCUT2D eigenvalue weighted by Gasteiger charge is -2.26. The van der Waals surface area contributed by atoms with E-state index in [9.17, 15) is 10.1 Å². The first-order chi connectivity index (χ1) is 13.6. The number of hydrogen-bond acceptors (Lipinski definition) is 6. The quantitative estimate of drug-likeness (QED) is 0.525. The highest BCUT2D eigenvalue weighted by atomic mass is 35.5. The van der Waals surface area contributed by atoms with Crippen molar-refractivity contribution in [2.45, 2.75) is 5.92 Å². The molecule has 1 aliphatic rings. The standard InChI is InChI=1S/C21H13ClN2O4/c22-13-5-3-12(4-6-13)19-15-8-7-14(27-21(25)17-2-1-9-26-17)10-18(15)28-20(24)16(19)11-23/h1-10,19H,24H2. The van der Waals surface area contributed by atoms with Gasteiger partial charge in [-0.3, -0.25) is 0 Å². The van der Waals surface area contributed by atoms with Gasteiger partial charge in [-0.05, 0) is 35.9 Å². The number of carbonyl (C=O) groups excluding carboxylic acids is 1. The number of fused-ring (bicyclic) bond motifs is 1. The van der Waals surface area contributed by atoms with E-state index in [1.54, 1.807) is 36.4 Å². The summed E-state index contributed by atoms with van der Waals surface area (Å²) in [5.74, 6) is -0.283. The summed E-state index contributed by atoms with van der Waals surface area (Å²) in [6, 6.07) is 17.3. The molecule has 0 aliphatic carbocycles.